The maximum absolute atomic E-state index is 6.02. The first-order chi connectivity index (χ1) is 9.60. The predicted octanol–water partition coefficient (Wildman–Crippen LogP) is 3.17. The molecule has 0 spiro atoms. The van der Waals surface area contributed by atoms with Crippen molar-refractivity contribution in [1.82, 2.24) is 10.2 Å². The molecule has 1 aliphatic carbocycles. The Balaban J connectivity index is 2.25. The summed E-state index contributed by atoms with van der Waals surface area (Å²) >= 11 is 0. The van der Waals surface area contributed by atoms with E-state index in [2.05, 4.69) is 44.2 Å². The minimum absolute atomic E-state index is 0.214. The Morgan fingerprint density at radius 2 is 2.10 bits per heavy atom. The number of hydrogen-bond donors (Lipinski definition) is 1. The highest BCUT2D eigenvalue weighted by Crippen LogP contribution is 2.40. The minimum atomic E-state index is 0.214. The summed E-state index contributed by atoms with van der Waals surface area (Å²) in [6.45, 7) is 6.47. The van der Waals surface area contributed by atoms with Gasteiger partial charge in [0.15, 0.2) is 0 Å². The van der Waals surface area contributed by atoms with E-state index in [-0.39, 0.29) is 5.54 Å². The first kappa shape index (κ1) is 15.8. The van der Waals surface area contributed by atoms with Gasteiger partial charge in [0.2, 0.25) is 0 Å². The van der Waals surface area contributed by atoms with Crippen LogP contribution in [0.4, 0.5) is 0 Å². The number of nitrogens with zero attached hydrogens (tertiary/aromatic N) is 1. The molecule has 20 heavy (non-hydrogen) atoms. The molecular formula is C17H32N2O. The Morgan fingerprint density at radius 1 is 1.40 bits per heavy atom. The molecule has 3 heteroatoms. The first-order valence-corrected chi connectivity index (χ1v) is 8.34. The van der Waals surface area contributed by atoms with Crippen molar-refractivity contribution in [2.75, 3.05) is 27.2 Å². The summed E-state index contributed by atoms with van der Waals surface area (Å²) in [5, 5.41) is 3.72. The van der Waals surface area contributed by atoms with Gasteiger partial charge in [-0.3, -0.25) is 0 Å². The Morgan fingerprint density at radius 3 is 2.60 bits per heavy atom. The van der Waals surface area contributed by atoms with Gasteiger partial charge in [0.25, 0.3) is 0 Å². The Labute approximate surface area is 124 Å². The summed E-state index contributed by atoms with van der Waals surface area (Å²) in [4.78, 5) is 2.45. The molecule has 2 rings (SSSR count). The molecule has 116 valence electrons. The third kappa shape index (κ3) is 3.20. The smallest absolute Gasteiger partial charge is 0.111 e. The third-order valence-electron chi connectivity index (χ3n) is 5.22. The van der Waals surface area contributed by atoms with Crippen LogP contribution in [0.25, 0.3) is 0 Å². The van der Waals surface area contributed by atoms with Crippen molar-refractivity contribution < 1.29 is 4.74 Å². The van der Waals surface area contributed by atoms with E-state index in [4.69, 9.17) is 4.74 Å². The SMILES string of the molecule is CCNC(C1=CCCCO1)C1(N(C)C)CCC(C)CC1. The molecule has 0 aromatic rings. The number of likely N-dealkylation sites (N-methyl/N-ethyl adjacent to an activating group) is 2. The second kappa shape index (κ2) is 6.95. The number of ether oxygens (including phenoxy) is 1. The highest BCUT2D eigenvalue weighted by atomic mass is 16.5. The third-order valence-corrected chi connectivity index (χ3v) is 5.22. The van der Waals surface area contributed by atoms with E-state index in [1.807, 2.05) is 0 Å². The number of hydrogen-bond acceptors (Lipinski definition) is 3. The van der Waals surface area contributed by atoms with E-state index < -0.39 is 0 Å². The van der Waals surface area contributed by atoms with Crippen molar-refractivity contribution >= 4 is 0 Å². The van der Waals surface area contributed by atoms with Crippen molar-refractivity contribution in [3.8, 4) is 0 Å². The minimum Gasteiger partial charge on any atom is -0.497 e. The molecule has 1 heterocycles. The van der Waals surface area contributed by atoms with Crippen LogP contribution in [0.3, 0.4) is 0 Å². The average Bonchev–Trinajstić information content (AvgIpc) is 2.47. The standard InChI is InChI=1S/C17H32N2O/c1-5-18-16(15-8-6-7-13-20-15)17(19(3)4)11-9-14(2)10-12-17/h8,14,16,18H,5-7,9-13H2,1-4H3. The van der Waals surface area contributed by atoms with Crippen molar-refractivity contribution in [2.45, 2.75) is 64.0 Å². The molecule has 1 atom stereocenters. The molecule has 2 aliphatic rings. The molecule has 1 saturated carbocycles. The number of rotatable bonds is 5. The highest BCUT2D eigenvalue weighted by molar-refractivity contribution is 5.17. The van der Waals surface area contributed by atoms with E-state index in [0.717, 1.165) is 31.9 Å². The lowest BCUT2D eigenvalue weighted by Gasteiger charge is -2.50. The predicted molar refractivity (Wildman–Crippen MR) is 84.8 cm³/mol. The van der Waals surface area contributed by atoms with Crippen LogP contribution in [0.1, 0.15) is 52.4 Å². The molecule has 0 aromatic carbocycles. The molecule has 0 amide bonds. The highest BCUT2D eigenvalue weighted by Gasteiger charge is 2.45. The van der Waals surface area contributed by atoms with Crippen LogP contribution in [-0.4, -0.2) is 43.7 Å². The van der Waals surface area contributed by atoms with Gasteiger partial charge in [0.1, 0.15) is 5.76 Å². The summed E-state index contributed by atoms with van der Waals surface area (Å²) < 4.78 is 6.02. The maximum atomic E-state index is 6.02. The van der Waals surface area contributed by atoms with Crippen LogP contribution in [0.5, 0.6) is 0 Å². The van der Waals surface area contributed by atoms with Crippen LogP contribution in [-0.2, 0) is 4.74 Å². The molecule has 0 saturated heterocycles. The van der Waals surface area contributed by atoms with E-state index in [1.165, 1.54) is 31.4 Å². The zero-order valence-corrected chi connectivity index (χ0v) is 13.7. The molecule has 1 aliphatic heterocycles. The Kier molecular flexibility index (Phi) is 5.50. The van der Waals surface area contributed by atoms with Gasteiger partial charge in [-0.1, -0.05) is 13.8 Å². The van der Waals surface area contributed by atoms with E-state index >= 15 is 0 Å². The van der Waals surface area contributed by atoms with Gasteiger partial charge < -0.3 is 15.0 Å². The molecule has 1 unspecified atom stereocenters. The summed E-state index contributed by atoms with van der Waals surface area (Å²) in [5.41, 5.74) is 0.214. The first-order valence-electron chi connectivity index (χ1n) is 8.34. The van der Waals surface area contributed by atoms with Gasteiger partial charge in [-0.05, 0) is 71.2 Å². The lowest BCUT2D eigenvalue weighted by Crippen LogP contribution is -2.61. The van der Waals surface area contributed by atoms with Crippen LogP contribution >= 0.6 is 0 Å². The monoisotopic (exact) mass is 280 g/mol. The lowest BCUT2D eigenvalue weighted by atomic mass is 9.71. The number of nitrogens with one attached hydrogen (secondary N) is 1. The zero-order chi connectivity index (χ0) is 14.6. The van der Waals surface area contributed by atoms with Gasteiger partial charge in [0.05, 0.1) is 12.6 Å². The van der Waals surface area contributed by atoms with E-state index in [9.17, 15) is 0 Å². The quantitative estimate of drug-likeness (QED) is 0.837. The van der Waals surface area contributed by atoms with E-state index in [1.54, 1.807) is 0 Å². The fourth-order valence-corrected chi connectivity index (χ4v) is 3.79. The molecular weight excluding hydrogens is 248 g/mol. The van der Waals surface area contributed by atoms with E-state index in [0.29, 0.717) is 6.04 Å². The van der Waals surface area contributed by atoms with Crippen LogP contribution in [0.15, 0.2) is 11.8 Å². The zero-order valence-electron chi connectivity index (χ0n) is 13.7. The summed E-state index contributed by atoms with van der Waals surface area (Å²) in [6.07, 6.45) is 9.82. The fourth-order valence-electron chi connectivity index (χ4n) is 3.79. The normalized spacial score (nSPS) is 32.6. The molecule has 1 fully saturated rings. The van der Waals surface area contributed by atoms with Crippen molar-refractivity contribution in [1.29, 1.82) is 0 Å². The van der Waals surface area contributed by atoms with Gasteiger partial charge in [-0.15, -0.1) is 0 Å². The van der Waals surface area contributed by atoms with Gasteiger partial charge in [0, 0.05) is 5.54 Å². The molecule has 0 radical (unpaired) electrons. The fraction of sp³-hybridized carbons (Fsp3) is 0.882. The van der Waals surface area contributed by atoms with Crippen molar-refractivity contribution in [2.24, 2.45) is 5.92 Å². The van der Waals surface area contributed by atoms with Crippen molar-refractivity contribution in [3.63, 3.8) is 0 Å². The second-order valence-electron chi connectivity index (χ2n) is 6.77. The molecule has 0 aromatic heterocycles. The summed E-state index contributed by atoms with van der Waals surface area (Å²) in [6, 6.07) is 0.343. The largest absolute Gasteiger partial charge is 0.497 e. The van der Waals surface area contributed by atoms with Crippen LogP contribution in [0, 0.1) is 5.92 Å². The van der Waals surface area contributed by atoms with Crippen molar-refractivity contribution in [3.05, 3.63) is 11.8 Å². The second-order valence-corrected chi connectivity index (χ2v) is 6.77. The molecule has 0 bridgehead atoms. The maximum Gasteiger partial charge on any atom is 0.111 e. The molecule has 3 nitrogen and oxygen atoms in total. The van der Waals surface area contributed by atoms with Crippen LogP contribution < -0.4 is 5.32 Å². The van der Waals surface area contributed by atoms with Gasteiger partial charge in [-0.25, -0.2) is 0 Å². The molecule has 1 N–H and O–H groups in total. The topological polar surface area (TPSA) is 24.5 Å². The Hall–Kier alpha value is -0.540. The lowest BCUT2D eigenvalue weighted by molar-refractivity contribution is 0.0280. The Bertz CT molecular complexity index is 330. The van der Waals surface area contributed by atoms with Crippen LogP contribution in [0.2, 0.25) is 0 Å². The average molecular weight is 280 g/mol. The van der Waals surface area contributed by atoms with Gasteiger partial charge in [-0.2, -0.15) is 0 Å². The summed E-state index contributed by atoms with van der Waals surface area (Å²) in [5.74, 6) is 2.06. The van der Waals surface area contributed by atoms with Gasteiger partial charge >= 0.3 is 0 Å². The summed E-state index contributed by atoms with van der Waals surface area (Å²) in [7, 11) is 4.48. The number of allylic oxidation sites excluding steroid dienone is 1.